The Bertz CT molecular complexity index is 1010. The van der Waals surface area contributed by atoms with E-state index in [-0.39, 0.29) is 24.9 Å². The van der Waals surface area contributed by atoms with Gasteiger partial charge in [-0.25, -0.2) is 14.8 Å². The Morgan fingerprint density at radius 2 is 2.00 bits per heavy atom. The molecule has 0 fully saturated rings. The van der Waals surface area contributed by atoms with Crippen LogP contribution in [0.25, 0.3) is 5.70 Å². The Morgan fingerprint density at radius 3 is 2.55 bits per heavy atom. The first-order valence-electron chi connectivity index (χ1n) is 8.69. The number of allylic oxidation sites excluding steroid dienone is 1. The molecule has 0 aliphatic carbocycles. The van der Waals surface area contributed by atoms with Crippen LogP contribution in [-0.4, -0.2) is 27.8 Å². The van der Waals surface area contributed by atoms with Gasteiger partial charge in [0.05, 0.1) is 17.6 Å². The Kier molecular flexibility index (Phi) is 6.66. The fourth-order valence-electron chi connectivity index (χ4n) is 2.72. The van der Waals surface area contributed by atoms with Crippen molar-refractivity contribution < 1.29 is 14.3 Å². The molecule has 1 aromatic carbocycles. The maximum absolute atomic E-state index is 11.5. The number of ether oxygens (including phenoxy) is 1. The average molecular weight is 453 g/mol. The number of primary amides is 1. The van der Waals surface area contributed by atoms with E-state index in [1.54, 1.807) is 24.3 Å². The topological polar surface area (TPSA) is 99.6 Å². The van der Waals surface area contributed by atoms with Gasteiger partial charge in [-0.1, -0.05) is 48.8 Å². The largest absolute Gasteiger partial charge is 0.442 e. The van der Waals surface area contributed by atoms with Gasteiger partial charge in [0.2, 0.25) is 5.91 Å². The number of halogens is 2. The number of dihydropyridines is 1. The van der Waals surface area contributed by atoms with Crippen molar-refractivity contribution in [1.29, 1.82) is 0 Å². The van der Waals surface area contributed by atoms with Crippen molar-refractivity contribution in [2.75, 3.05) is 0 Å². The third-order valence-corrected chi connectivity index (χ3v) is 5.45. The first-order valence-corrected chi connectivity index (χ1v) is 10.3. The summed E-state index contributed by atoms with van der Waals surface area (Å²) >= 11 is 13.7. The molecule has 7 nitrogen and oxygen atoms in total. The number of nitrogens with two attached hydrogens (primary N) is 1. The second-order valence-corrected chi connectivity index (χ2v) is 8.44. The number of aromatic nitrogens is 2. The summed E-state index contributed by atoms with van der Waals surface area (Å²) in [6.07, 6.45) is 2.50. The van der Waals surface area contributed by atoms with Crippen molar-refractivity contribution in [3.05, 3.63) is 45.8 Å². The van der Waals surface area contributed by atoms with Gasteiger partial charge in [0.1, 0.15) is 5.03 Å². The number of benzene rings is 1. The molecular weight excluding hydrogens is 435 g/mol. The lowest BCUT2D eigenvalue weighted by molar-refractivity contribution is -0.117. The van der Waals surface area contributed by atoms with Gasteiger partial charge in [-0.3, -0.25) is 9.36 Å². The summed E-state index contributed by atoms with van der Waals surface area (Å²) in [6.45, 7) is 3.89. The van der Waals surface area contributed by atoms with Gasteiger partial charge in [0.15, 0.2) is 12.4 Å². The fourth-order valence-corrected chi connectivity index (χ4v) is 4.66. The smallest absolute Gasteiger partial charge is 0.404 e. The van der Waals surface area contributed by atoms with E-state index < -0.39 is 6.09 Å². The Morgan fingerprint density at radius 1 is 1.31 bits per heavy atom. The molecule has 0 radical (unpaired) electrons. The van der Waals surface area contributed by atoms with Crippen LogP contribution in [0.2, 0.25) is 10.0 Å². The maximum atomic E-state index is 11.5. The minimum absolute atomic E-state index is 0.0727. The molecule has 0 unspecified atom stereocenters. The predicted molar refractivity (Wildman–Crippen MR) is 114 cm³/mol. The monoisotopic (exact) mass is 452 g/mol. The highest BCUT2D eigenvalue weighted by molar-refractivity contribution is 7.99. The second kappa shape index (κ2) is 9.02. The third-order valence-electron chi connectivity index (χ3n) is 3.96. The minimum Gasteiger partial charge on any atom is -0.442 e. The summed E-state index contributed by atoms with van der Waals surface area (Å²) in [6, 6.07) is 5.25. The van der Waals surface area contributed by atoms with Crippen LogP contribution in [-0.2, 0) is 16.1 Å². The number of amides is 2. The molecule has 0 atom stereocenters. The molecule has 2 heterocycles. The highest BCUT2D eigenvalue weighted by Crippen LogP contribution is 2.38. The number of hydrogen-bond donors (Lipinski definition) is 1. The number of aliphatic imine (C=N–C) groups is 1. The standard InChI is InChI=1S/C19H18Cl2N4O3S/c1-10(2)17-18(29-14-6-11(20)5-12(21)7-14)25(13-3-4-16(26)23-8-13)15(24-17)9-28-19(22)27/h3,5-8,10H,4,9H2,1-2H3,(H2,22,27). The van der Waals surface area contributed by atoms with Crippen molar-refractivity contribution in [2.24, 2.45) is 10.7 Å². The van der Waals surface area contributed by atoms with Crippen LogP contribution in [0.4, 0.5) is 4.79 Å². The number of carbonyl (C=O) groups excluding carboxylic acids is 2. The number of imidazole rings is 1. The summed E-state index contributed by atoms with van der Waals surface area (Å²) in [5.41, 5.74) is 6.58. The van der Waals surface area contributed by atoms with E-state index >= 15 is 0 Å². The zero-order valence-electron chi connectivity index (χ0n) is 15.7. The van der Waals surface area contributed by atoms with Crippen molar-refractivity contribution >= 4 is 58.9 Å². The number of carbonyl (C=O) groups is 2. The molecule has 3 rings (SSSR count). The SMILES string of the molecule is CC(C)c1nc(COC(N)=O)n(C2=CCC(=O)N=C2)c1Sc1cc(Cl)cc(Cl)c1. The molecule has 0 saturated heterocycles. The molecular formula is C19H18Cl2N4O3S. The maximum Gasteiger partial charge on any atom is 0.404 e. The Labute approximate surface area is 181 Å². The van der Waals surface area contributed by atoms with Gasteiger partial charge in [0.25, 0.3) is 0 Å². The lowest BCUT2D eigenvalue weighted by Gasteiger charge is -2.15. The highest BCUT2D eigenvalue weighted by Gasteiger charge is 2.24. The minimum atomic E-state index is -0.900. The molecule has 2 aromatic rings. The normalized spacial score (nSPS) is 13.7. The first-order chi connectivity index (χ1) is 13.7. The number of rotatable bonds is 6. The van der Waals surface area contributed by atoms with Gasteiger partial charge in [-0.05, 0) is 30.2 Å². The van der Waals surface area contributed by atoms with Crippen LogP contribution < -0.4 is 5.73 Å². The molecule has 1 aliphatic heterocycles. The van der Waals surface area contributed by atoms with Gasteiger partial charge >= 0.3 is 6.09 Å². The van der Waals surface area contributed by atoms with Gasteiger partial charge in [-0.15, -0.1) is 0 Å². The predicted octanol–water partition coefficient (Wildman–Crippen LogP) is 4.90. The third kappa shape index (κ3) is 5.20. The lowest BCUT2D eigenvalue weighted by atomic mass is 10.1. The molecule has 0 spiro atoms. The van der Waals surface area contributed by atoms with Gasteiger partial charge in [-0.2, -0.15) is 0 Å². The number of nitrogens with zero attached hydrogens (tertiary/aromatic N) is 3. The summed E-state index contributed by atoms with van der Waals surface area (Å²) in [5, 5.41) is 1.81. The Balaban J connectivity index is 2.13. The molecule has 2 amide bonds. The van der Waals surface area contributed by atoms with E-state index in [2.05, 4.69) is 9.98 Å². The summed E-state index contributed by atoms with van der Waals surface area (Å²) in [4.78, 5) is 32.0. The van der Waals surface area contributed by atoms with Crippen LogP contribution in [0.3, 0.4) is 0 Å². The van der Waals surface area contributed by atoms with Crippen molar-refractivity contribution in [2.45, 2.75) is 42.7 Å². The summed E-state index contributed by atoms with van der Waals surface area (Å²) in [5.74, 6) is 0.308. The molecule has 10 heteroatoms. The molecule has 1 aromatic heterocycles. The zero-order valence-corrected chi connectivity index (χ0v) is 18.0. The molecule has 29 heavy (non-hydrogen) atoms. The van der Waals surface area contributed by atoms with Crippen molar-refractivity contribution in [3.63, 3.8) is 0 Å². The van der Waals surface area contributed by atoms with Crippen LogP contribution in [0.15, 0.2) is 39.2 Å². The van der Waals surface area contributed by atoms with E-state index in [0.29, 0.717) is 21.6 Å². The van der Waals surface area contributed by atoms with E-state index in [0.717, 1.165) is 15.6 Å². The van der Waals surface area contributed by atoms with Crippen LogP contribution in [0.5, 0.6) is 0 Å². The molecule has 1 aliphatic rings. The van der Waals surface area contributed by atoms with E-state index in [1.165, 1.54) is 18.0 Å². The molecule has 0 saturated carbocycles. The van der Waals surface area contributed by atoms with Crippen LogP contribution >= 0.6 is 35.0 Å². The van der Waals surface area contributed by atoms with Crippen molar-refractivity contribution in [3.8, 4) is 0 Å². The van der Waals surface area contributed by atoms with Gasteiger partial charge in [0, 0.05) is 21.4 Å². The highest BCUT2D eigenvalue weighted by atomic mass is 35.5. The van der Waals surface area contributed by atoms with E-state index in [9.17, 15) is 9.59 Å². The summed E-state index contributed by atoms with van der Waals surface area (Å²) < 4.78 is 6.80. The van der Waals surface area contributed by atoms with Crippen molar-refractivity contribution in [1.82, 2.24) is 9.55 Å². The Hall–Kier alpha value is -2.29. The van der Waals surface area contributed by atoms with Gasteiger partial charge < -0.3 is 10.5 Å². The second-order valence-electron chi connectivity index (χ2n) is 6.51. The fraction of sp³-hybridized carbons (Fsp3) is 0.263. The average Bonchev–Trinajstić information content (AvgIpc) is 2.98. The zero-order chi connectivity index (χ0) is 21.1. The lowest BCUT2D eigenvalue weighted by Crippen LogP contribution is -2.16. The first kappa shape index (κ1) is 21.4. The van der Waals surface area contributed by atoms with Crippen LogP contribution in [0.1, 0.15) is 37.7 Å². The molecule has 2 N–H and O–H groups in total. The van der Waals surface area contributed by atoms with Crippen LogP contribution in [0, 0.1) is 0 Å². The number of hydrogen-bond acceptors (Lipinski definition) is 5. The molecule has 152 valence electrons. The quantitative estimate of drug-likeness (QED) is 0.671. The molecule has 0 bridgehead atoms. The summed E-state index contributed by atoms with van der Waals surface area (Å²) in [7, 11) is 0. The van der Waals surface area contributed by atoms with E-state index in [4.69, 9.17) is 33.7 Å². The van der Waals surface area contributed by atoms with E-state index in [1.807, 2.05) is 18.4 Å².